The predicted octanol–water partition coefficient (Wildman–Crippen LogP) is 1.87. The fourth-order valence-electron chi connectivity index (χ4n) is 1.11. The van der Waals surface area contributed by atoms with Gasteiger partial charge in [-0.2, -0.15) is 0 Å². The summed E-state index contributed by atoms with van der Waals surface area (Å²) >= 11 is 0. The van der Waals surface area contributed by atoms with Gasteiger partial charge in [0.15, 0.2) is 6.29 Å². The van der Waals surface area contributed by atoms with E-state index < -0.39 is 0 Å². The highest BCUT2D eigenvalue weighted by atomic mass is 16.1. The Kier molecular flexibility index (Phi) is 2.38. The van der Waals surface area contributed by atoms with Crippen LogP contribution in [-0.2, 0) is 4.79 Å². The molecule has 2 heteroatoms. The van der Waals surface area contributed by atoms with Gasteiger partial charge in [-0.15, -0.1) is 0 Å². The number of hydrogen-bond donors (Lipinski definition) is 1. The molecule has 1 N–H and O–H groups in total. The Morgan fingerprint density at radius 2 is 2.08 bits per heavy atom. The van der Waals surface area contributed by atoms with Crippen LogP contribution in [0.15, 0.2) is 18.2 Å². The molecule has 0 aliphatic rings. The molecule has 0 aromatic heterocycles. The third kappa shape index (κ3) is 1.42. The molecule has 0 spiro atoms. The minimum absolute atomic E-state index is 0.0520. The quantitative estimate of drug-likeness (QED) is 0.522. The van der Waals surface area contributed by atoms with Crippen molar-refractivity contribution in [1.82, 2.24) is 0 Å². The van der Waals surface area contributed by atoms with E-state index in [1.807, 2.05) is 26.0 Å². The minimum Gasteiger partial charge on any atom is -0.297 e. The summed E-state index contributed by atoms with van der Waals surface area (Å²) in [7, 11) is 0. The predicted molar refractivity (Wildman–Crippen MR) is 48.8 cm³/mol. The van der Waals surface area contributed by atoms with E-state index >= 15 is 0 Å². The van der Waals surface area contributed by atoms with Crippen molar-refractivity contribution in [2.75, 3.05) is 0 Å². The van der Waals surface area contributed by atoms with Crippen LogP contribution in [0.5, 0.6) is 0 Å². The SMILES string of the molecule is Cc1cccc(C(=N)C=O)c1C. The van der Waals surface area contributed by atoms with Crippen LogP contribution in [0.25, 0.3) is 0 Å². The van der Waals surface area contributed by atoms with Gasteiger partial charge in [-0.05, 0) is 25.0 Å². The normalized spacial score (nSPS) is 9.50. The molecule has 0 bridgehead atoms. The Bertz CT molecular complexity index is 329. The number of carbonyl (C=O) groups is 1. The van der Waals surface area contributed by atoms with Gasteiger partial charge < -0.3 is 0 Å². The van der Waals surface area contributed by atoms with E-state index in [1.54, 1.807) is 6.07 Å². The van der Waals surface area contributed by atoms with Gasteiger partial charge in [-0.1, -0.05) is 18.2 Å². The molecule has 0 amide bonds. The molecule has 1 aromatic rings. The van der Waals surface area contributed by atoms with E-state index in [0.29, 0.717) is 6.29 Å². The fraction of sp³-hybridized carbons (Fsp3) is 0.200. The third-order valence-electron chi connectivity index (χ3n) is 2.01. The van der Waals surface area contributed by atoms with Crippen molar-refractivity contribution in [3.63, 3.8) is 0 Å². The van der Waals surface area contributed by atoms with Crippen LogP contribution in [0.2, 0.25) is 0 Å². The van der Waals surface area contributed by atoms with Crippen molar-refractivity contribution in [2.24, 2.45) is 0 Å². The topological polar surface area (TPSA) is 40.9 Å². The van der Waals surface area contributed by atoms with Crippen molar-refractivity contribution >= 4 is 12.0 Å². The molecule has 12 heavy (non-hydrogen) atoms. The minimum atomic E-state index is 0.0520. The van der Waals surface area contributed by atoms with Gasteiger partial charge >= 0.3 is 0 Å². The largest absolute Gasteiger partial charge is 0.297 e. The Hall–Kier alpha value is -1.44. The number of aryl methyl sites for hydroxylation is 1. The van der Waals surface area contributed by atoms with Crippen molar-refractivity contribution in [3.8, 4) is 0 Å². The summed E-state index contributed by atoms with van der Waals surface area (Å²) in [5.41, 5.74) is 2.90. The van der Waals surface area contributed by atoms with E-state index in [-0.39, 0.29) is 5.71 Å². The number of benzene rings is 1. The lowest BCUT2D eigenvalue weighted by Gasteiger charge is -2.04. The maximum absolute atomic E-state index is 10.3. The zero-order valence-corrected chi connectivity index (χ0v) is 7.22. The Morgan fingerprint density at radius 3 is 2.67 bits per heavy atom. The smallest absolute Gasteiger partial charge is 0.168 e. The summed E-state index contributed by atoms with van der Waals surface area (Å²) in [4.78, 5) is 10.3. The Balaban J connectivity index is 3.25. The molecule has 0 aliphatic heterocycles. The summed E-state index contributed by atoms with van der Waals surface area (Å²) in [6.45, 7) is 3.89. The molecule has 0 saturated heterocycles. The maximum Gasteiger partial charge on any atom is 0.168 e. The first-order chi connectivity index (χ1) is 5.66. The van der Waals surface area contributed by atoms with E-state index in [1.165, 1.54) is 0 Å². The molecular weight excluding hydrogens is 150 g/mol. The van der Waals surface area contributed by atoms with Crippen molar-refractivity contribution < 1.29 is 4.79 Å². The number of hydrogen-bond acceptors (Lipinski definition) is 2. The number of nitrogens with one attached hydrogen (secondary N) is 1. The van der Waals surface area contributed by atoms with Crippen LogP contribution >= 0.6 is 0 Å². The molecule has 0 fully saturated rings. The molecule has 62 valence electrons. The molecule has 0 heterocycles. The van der Waals surface area contributed by atoms with Gasteiger partial charge in [0.2, 0.25) is 0 Å². The van der Waals surface area contributed by atoms with Gasteiger partial charge in [0.05, 0.1) is 0 Å². The third-order valence-corrected chi connectivity index (χ3v) is 2.01. The van der Waals surface area contributed by atoms with E-state index in [2.05, 4.69) is 0 Å². The van der Waals surface area contributed by atoms with Gasteiger partial charge in [-0.25, -0.2) is 0 Å². The van der Waals surface area contributed by atoms with E-state index in [9.17, 15) is 4.79 Å². The number of aldehydes is 1. The first-order valence-corrected chi connectivity index (χ1v) is 3.77. The second-order valence-electron chi connectivity index (χ2n) is 2.78. The fourth-order valence-corrected chi connectivity index (χ4v) is 1.11. The highest BCUT2D eigenvalue weighted by Gasteiger charge is 2.04. The van der Waals surface area contributed by atoms with E-state index in [0.717, 1.165) is 16.7 Å². The van der Waals surface area contributed by atoms with Crippen molar-refractivity contribution in [3.05, 3.63) is 34.9 Å². The zero-order valence-electron chi connectivity index (χ0n) is 7.22. The number of carbonyl (C=O) groups excluding carboxylic acids is 1. The first-order valence-electron chi connectivity index (χ1n) is 3.77. The molecular formula is C10H11NO. The van der Waals surface area contributed by atoms with Gasteiger partial charge in [0, 0.05) is 5.56 Å². The average Bonchev–Trinajstić information content (AvgIpc) is 2.08. The number of rotatable bonds is 2. The molecule has 0 atom stereocenters. The summed E-state index contributed by atoms with van der Waals surface area (Å²) in [5.74, 6) is 0. The summed E-state index contributed by atoms with van der Waals surface area (Å²) in [6, 6.07) is 5.62. The average molecular weight is 161 g/mol. The van der Waals surface area contributed by atoms with Crippen LogP contribution in [0.1, 0.15) is 16.7 Å². The molecule has 1 rings (SSSR count). The van der Waals surface area contributed by atoms with Crippen molar-refractivity contribution in [2.45, 2.75) is 13.8 Å². The lowest BCUT2D eigenvalue weighted by Crippen LogP contribution is -2.03. The van der Waals surface area contributed by atoms with Crippen LogP contribution < -0.4 is 0 Å². The molecule has 0 unspecified atom stereocenters. The lowest BCUT2D eigenvalue weighted by molar-refractivity contribution is -0.102. The highest BCUT2D eigenvalue weighted by Crippen LogP contribution is 2.12. The standard InChI is InChI=1S/C10H11NO/c1-7-4-3-5-9(8(7)2)10(11)6-12/h3-6,11H,1-2H3. The molecule has 1 aromatic carbocycles. The first kappa shape index (κ1) is 8.65. The maximum atomic E-state index is 10.3. The molecule has 0 aliphatic carbocycles. The van der Waals surface area contributed by atoms with Crippen LogP contribution in [0, 0.1) is 19.3 Å². The highest BCUT2D eigenvalue weighted by molar-refractivity contribution is 6.35. The lowest BCUT2D eigenvalue weighted by atomic mass is 10.0. The van der Waals surface area contributed by atoms with Crippen LogP contribution in [0.4, 0.5) is 0 Å². The molecule has 2 nitrogen and oxygen atoms in total. The monoisotopic (exact) mass is 161 g/mol. The second kappa shape index (κ2) is 3.30. The van der Waals surface area contributed by atoms with Gasteiger partial charge in [0.1, 0.15) is 5.71 Å². The molecule has 0 radical (unpaired) electrons. The second-order valence-corrected chi connectivity index (χ2v) is 2.78. The summed E-state index contributed by atoms with van der Waals surface area (Å²) in [5, 5.41) is 7.35. The Morgan fingerprint density at radius 1 is 1.42 bits per heavy atom. The van der Waals surface area contributed by atoms with Gasteiger partial charge in [-0.3, -0.25) is 10.2 Å². The van der Waals surface area contributed by atoms with Gasteiger partial charge in [0.25, 0.3) is 0 Å². The van der Waals surface area contributed by atoms with Crippen LogP contribution in [0.3, 0.4) is 0 Å². The molecule has 0 saturated carbocycles. The zero-order chi connectivity index (χ0) is 9.14. The van der Waals surface area contributed by atoms with Crippen LogP contribution in [-0.4, -0.2) is 12.0 Å². The van der Waals surface area contributed by atoms with E-state index in [4.69, 9.17) is 5.41 Å². The van der Waals surface area contributed by atoms with Crippen molar-refractivity contribution in [1.29, 1.82) is 5.41 Å². The summed E-state index contributed by atoms with van der Waals surface area (Å²) in [6.07, 6.45) is 0.571. The summed E-state index contributed by atoms with van der Waals surface area (Å²) < 4.78 is 0. The Labute approximate surface area is 71.7 Å².